The SMILES string of the molecule is COC(=O)CCC(NC(=O)[C@@H](N)C(C)C)C(=O)O. The second-order valence-corrected chi connectivity index (χ2v) is 4.28. The Morgan fingerprint density at radius 3 is 2.28 bits per heavy atom. The molecule has 0 aromatic carbocycles. The summed E-state index contributed by atoms with van der Waals surface area (Å²) in [5.41, 5.74) is 5.59. The van der Waals surface area contributed by atoms with Gasteiger partial charge in [-0.05, 0) is 12.3 Å². The van der Waals surface area contributed by atoms with Crippen molar-refractivity contribution in [1.29, 1.82) is 0 Å². The maximum atomic E-state index is 11.6. The molecular weight excluding hydrogens is 240 g/mol. The normalized spacial score (nSPS) is 13.8. The van der Waals surface area contributed by atoms with Crippen molar-refractivity contribution in [1.82, 2.24) is 5.32 Å². The fourth-order valence-electron chi connectivity index (χ4n) is 1.19. The van der Waals surface area contributed by atoms with E-state index in [4.69, 9.17) is 10.8 Å². The van der Waals surface area contributed by atoms with Crippen LogP contribution in [-0.2, 0) is 19.1 Å². The largest absolute Gasteiger partial charge is 0.480 e. The number of rotatable bonds is 7. The highest BCUT2D eigenvalue weighted by atomic mass is 16.5. The molecule has 0 fully saturated rings. The van der Waals surface area contributed by atoms with Crippen LogP contribution in [0.2, 0.25) is 0 Å². The second kappa shape index (κ2) is 7.65. The Balaban J connectivity index is 4.41. The fourth-order valence-corrected chi connectivity index (χ4v) is 1.19. The Labute approximate surface area is 106 Å². The lowest BCUT2D eigenvalue weighted by molar-refractivity contribution is -0.144. The predicted molar refractivity (Wildman–Crippen MR) is 63.6 cm³/mol. The molecule has 0 saturated carbocycles. The number of methoxy groups -OCH3 is 1. The number of amides is 1. The first-order valence-corrected chi connectivity index (χ1v) is 5.65. The van der Waals surface area contributed by atoms with Crippen LogP contribution in [0.3, 0.4) is 0 Å². The van der Waals surface area contributed by atoms with Gasteiger partial charge >= 0.3 is 11.9 Å². The monoisotopic (exact) mass is 260 g/mol. The summed E-state index contributed by atoms with van der Waals surface area (Å²) in [7, 11) is 1.21. The summed E-state index contributed by atoms with van der Waals surface area (Å²) in [6.45, 7) is 3.52. The van der Waals surface area contributed by atoms with Crippen LogP contribution in [0.4, 0.5) is 0 Å². The number of carbonyl (C=O) groups excluding carboxylic acids is 2. The van der Waals surface area contributed by atoms with E-state index in [-0.39, 0.29) is 18.8 Å². The lowest BCUT2D eigenvalue weighted by Crippen LogP contribution is -2.50. The van der Waals surface area contributed by atoms with E-state index < -0.39 is 29.9 Å². The molecule has 4 N–H and O–H groups in total. The molecule has 0 bridgehead atoms. The van der Waals surface area contributed by atoms with Gasteiger partial charge in [0.05, 0.1) is 13.2 Å². The number of nitrogens with two attached hydrogens (primary N) is 1. The van der Waals surface area contributed by atoms with Crippen molar-refractivity contribution >= 4 is 17.8 Å². The number of hydrogen-bond acceptors (Lipinski definition) is 5. The van der Waals surface area contributed by atoms with Gasteiger partial charge in [0, 0.05) is 6.42 Å². The number of carboxylic acid groups (broad SMARTS) is 1. The zero-order chi connectivity index (χ0) is 14.3. The first-order chi connectivity index (χ1) is 8.29. The molecule has 7 heteroatoms. The molecule has 1 unspecified atom stereocenters. The minimum absolute atomic E-state index is 0.0292. The van der Waals surface area contributed by atoms with Crippen molar-refractivity contribution in [2.24, 2.45) is 11.7 Å². The summed E-state index contributed by atoms with van der Waals surface area (Å²) < 4.78 is 4.40. The van der Waals surface area contributed by atoms with Gasteiger partial charge in [0.15, 0.2) is 0 Å². The van der Waals surface area contributed by atoms with Crippen molar-refractivity contribution in [2.75, 3.05) is 7.11 Å². The van der Waals surface area contributed by atoms with Gasteiger partial charge < -0.3 is 20.9 Å². The number of aliphatic carboxylic acids is 1. The number of carboxylic acids is 1. The van der Waals surface area contributed by atoms with Crippen LogP contribution in [0.5, 0.6) is 0 Å². The van der Waals surface area contributed by atoms with Crippen LogP contribution in [0.15, 0.2) is 0 Å². The highest BCUT2D eigenvalue weighted by molar-refractivity contribution is 5.87. The quantitative estimate of drug-likeness (QED) is 0.530. The van der Waals surface area contributed by atoms with Crippen LogP contribution < -0.4 is 11.1 Å². The molecule has 2 atom stereocenters. The molecule has 104 valence electrons. The summed E-state index contributed by atoms with van der Waals surface area (Å²) in [6.07, 6.45) is -0.108. The van der Waals surface area contributed by atoms with Crippen molar-refractivity contribution < 1.29 is 24.2 Å². The van der Waals surface area contributed by atoms with Gasteiger partial charge in [0.25, 0.3) is 0 Å². The van der Waals surface area contributed by atoms with Crippen molar-refractivity contribution in [3.05, 3.63) is 0 Å². The Kier molecular flexibility index (Phi) is 6.96. The molecule has 0 aromatic rings. The molecule has 0 aliphatic heterocycles. The Morgan fingerprint density at radius 1 is 1.33 bits per heavy atom. The molecular formula is C11H20N2O5. The smallest absolute Gasteiger partial charge is 0.326 e. The third-order valence-electron chi connectivity index (χ3n) is 2.50. The predicted octanol–water partition coefficient (Wildman–Crippen LogP) is -0.508. The molecule has 1 amide bonds. The first-order valence-electron chi connectivity index (χ1n) is 5.65. The Bertz CT molecular complexity index is 317. The van der Waals surface area contributed by atoms with Crippen LogP contribution in [0.25, 0.3) is 0 Å². The van der Waals surface area contributed by atoms with Crippen molar-refractivity contribution in [3.8, 4) is 0 Å². The Morgan fingerprint density at radius 2 is 1.89 bits per heavy atom. The Hall–Kier alpha value is -1.63. The van der Waals surface area contributed by atoms with Gasteiger partial charge in [0.2, 0.25) is 5.91 Å². The van der Waals surface area contributed by atoms with Crippen LogP contribution in [-0.4, -0.2) is 42.1 Å². The van der Waals surface area contributed by atoms with Crippen LogP contribution >= 0.6 is 0 Å². The van der Waals surface area contributed by atoms with Gasteiger partial charge in [-0.1, -0.05) is 13.8 Å². The van der Waals surface area contributed by atoms with E-state index in [0.717, 1.165) is 0 Å². The van der Waals surface area contributed by atoms with E-state index in [1.54, 1.807) is 13.8 Å². The maximum Gasteiger partial charge on any atom is 0.326 e. The lowest BCUT2D eigenvalue weighted by atomic mass is 10.0. The van der Waals surface area contributed by atoms with Gasteiger partial charge in [-0.25, -0.2) is 4.79 Å². The minimum Gasteiger partial charge on any atom is -0.480 e. The standard InChI is InChI=1S/C11H20N2O5/c1-6(2)9(12)10(15)13-7(11(16)17)4-5-8(14)18-3/h6-7,9H,4-5,12H2,1-3H3,(H,13,15)(H,16,17)/t7?,9-/m0/s1. The van der Waals surface area contributed by atoms with Gasteiger partial charge in [0.1, 0.15) is 6.04 Å². The summed E-state index contributed by atoms with van der Waals surface area (Å²) in [4.78, 5) is 33.4. The molecule has 0 aromatic heterocycles. The molecule has 0 saturated heterocycles. The van der Waals surface area contributed by atoms with E-state index in [1.165, 1.54) is 7.11 Å². The van der Waals surface area contributed by atoms with Crippen LogP contribution in [0, 0.1) is 5.92 Å². The van der Waals surface area contributed by atoms with Crippen molar-refractivity contribution in [3.63, 3.8) is 0 Å². The van der Waals surface area contributed by atoms with Crippen LogP contribution in [0.1, 0.15) is 26.7 Å². The molecule has 18 heavy (non-hydrogen) atoms. The van der Waals surface area contributed by atoms with E-state index in [9.17, 15) is 14.4 Å². The zero-order valence-electron chi connectivity index (χ0n) is 10.8. The average molecular weight is 260 g/mol. The molecule has 0 rings (SSSR count). The topological polar surface area (TPSA) is 119 Å². The number of carbonyl (C=O) groups is 3. The first kappa shape index (κ1) is 16.4. The number of ether oxygens (including phenoxy) is 1. The van der Waals surface area contributed by atoms with E-state index in [1.807, 2.05) is 0 Å². The third-order valence-corrected chi connectivity index (χ3v) is 2.50. The highest BCUT2D eigenvalue weighted by Gasteiger charge is 2.25. The third kappa shape index (κ3) is 5.62. The molecule has 0 heterocycles. The minimum atomic E-state index is -1.21. The van der Waals surface area contributed by atoms with E-state index >= 15 is 0 Å². The summed E-state index contributed by atoms with van der Waals surface area (Å²) in [5, 5.41) is 11.2. The van der Waals surface area contributed by atoms with E-state index in [0.29, 0.717) is 0 Å². The summed E-state index contributed by atoms with van der Waals surface area (Å²) in [5.74, 6) is -2.37. The molecule has 0 radical (unpaired) electrons. The van der Waals surface area contributed by atoms with Gasteiger partial charge in [-0.2, -0.15) is 0 Å². The van der Waals surface area contributed by atoms with Gasteiger partial charge in [-0.3, -0.25) is 9.59 Å². The number of nitrogens with one attached hydrogen (secondary N) is 1. The average Bonchev–Trinajstić information content (AvgIpc) is 2.31. The molecule has 7 nitrogen and oxygen atoms in total. The molecule has 0 spiro atoms. The molecule has 0 aliphatic rings. The van der Waals surface area contributed by atoms with Crippen molar-refractivity contribution in [2.45, 2.75) is 38.8 Å². The molecule has 0 aliphatic carbocycles. The summed E-state index contributed by atoms with van der Waals surface area (Å²) >= 11 is 0. The second-order valence-electron chi connectivity index (χ2n) is 4.28. The highest BCUT2D eigenvalue weighted by Crippen LogP contribution is 2.03. The number of hydrogen-bond donors (Lipinski definition) is 3. The number of esters is 1. The van der Waals surface area contributed by atoms with Gasteiger partial charge in [-0.15, -0.1) is 0 Å². The summed E-state index contributed by atoms with van der Waals surface area (Å²) in [6, 6.07) is -1.91. The maximum absolute atomic E-state index is 11.6. The fraction of sp³-hybridized carbons (Fsp3) is 0.727. The lowest BCUT2D eigenvalue weighted by Gasteiger charge is -2.19. The zero-order valence-corrected chi connectivity index (χ0v) is 10.8. The van der Waals surface area contributed by atoms with E-state index in [2.05, 4.69) is 10.1 Å².